The molecule has 1 amide bonds. The van der Waals surface area contributed by atoms with Crippen molar-refractivity contribution in [2.24, 2.45) is 0 Å². The molecule has 0 bridgehead atoms. The summed E-state index contributed by atoms with van der Waals surface area (Å²) < 4.78 is 40.9. The highest BCUT2D eigenvalue weighted by Gasteiger charge is 2.26. The smallest absolute Gasteiger partial charge is 0.415 e. The molecule has 11 heteroatoms. The van der Waals surface area contributed by atoms with Gasteiger partial charge < -0.3 is 9.47 Å². The van der Waals surface area contributed by atoms with Gasteiger partial charge in [0.05, 0.1) is 9.82 Å². The first kappa shape index (κ1) is 33.3. The quantitative estimate of drug-likeness (QED) is 0.0683. The van der Waals surface area contributed by atoms with E-state index in [0.717, 1.165) is 17.5 Å². The van der Waals surface area contributed by atoms with Gasteiger partial charge in [-0.15, -0.1) is 0 Å². The molecule has 230 valence electrons. The number of carbonyl (C=O) groups is 1. The Morgan fingerprint density at radius 3 is 2.16 bits per heavy atom. The molecule has 0 N–H and O–H groups in total. The second kappa shape index (κ2) is 14.3. The molecule has 0 aromatic heterocycles. The maximum Gasteiger partial charge on any atom is 0.415 e. The van der Waals surface area contributed by atoms with Crippen molar-refractivity contribution in [3.63, 3.8) is 0 Å². The first-order valence-corrected chi connectivity index (χ1v) is 15.3. The van der Waals surface area contributed by atoms with Crippen molar-refractivity contribution in [1.82, 2.24) is 0 Å². The zero-order chi connectivity index (χ0) is 31.8. The van der Waals surface area contributed by atoms with Gasteiger partial charge in [0.25, 0.3) is 10.1 Å². The van der Waals surface area contributed by atoms with Crippen LogP contribution in [0, 0.1) is 17.0 Å². The number of benzene rings is 3. The van der Waals surface area contributed by atoms with Crippen molar-refractivity contribution in [3.05, 3.63) is 93.5 Å². The van der Waals surface area contributed by atoms with Crippen LogP contribution in [-0.4, -0.2) is 44.3 Å². The number of nitro benzene ring substituents is 1. The summed E-state index contributed by atoms with van der Waals surface area (Å²) in [5, 5.41) is 11.5. The molecule has 0 aliphatic rings. The third-order valence-electron chi connectivity index (χ3n) is 6.33. The van der Waals surface area contributed by atoms with Crippen LogP contribution in [0.15, 0.2) is 71.6 Å². The van der Waals surface area contributed by atoms with E-state index in [1.54, 1.807) is 29.2 Å². The summed E-state index contributed by atoms with van der Waals surface area (Å²) in [6.45, 7) is 10.7. The largest absolute Gasteiger partial charge is 0.484 e. The number of ether oxygens (including phenoxy) is 2. The second-order valence-corrected chi connectivity index (χ2v) is 12.6. The van der Waals surface area contributed by atoms with Crippen LogP contribution in [-0.2, 0) is 19.0 Å². The third kappa shape index (κ3) is 9.65. The molecule has 1 atom stereocenters. The fourth-order valence-electron chi connectivity index (χ4n) is 3.94. The molecule has 1 unspecified atom stereocenters. The molecule has 0 saturated carbocycles. The summed E-state index contributed by atoms with van der Waals surface area (Å²) in [5.41, 5.74) is 2.21. The molecule has 0 heterocycles. The number of nitro groups is 1. The van der Waals surface area contributed by atoms with E-state index >= 15 is 0 Å². The molecule has 0 aliphatic heterocycles. The number of nitrogens with zero attached hydrogens (tertiary/aromatic N) is 2. The maximum absolute atomic E-state index is 12.9. The highest BCUT2D eigenvalue weighted by Crippen LogP contribution is 2.29. The average Bonchev–Trinajstić information content (AvgIpc) is 2.94. The van der Waals surface area contributed by atoms with Crippen LogP contribution in [0.4, 0.5) is 16.2 Å². The van der Waals surface area contributed by atoms with Gasteiger partial charge in [-0.3, -0.25) is 19.2 Å². The lowest BCUT2D eigenvalue weighted by atomic mass is 10.1. The van der Waals surface area contributed by atoms with Gasteiger partial charge >= 0.3 is 11.8 Å². The van der Waals surface area contributed by atoms with Gasteiger partial charge in [-0.2, -0.15) is 8.42 Å². The van der Waals surface area contributed by atoms with Gasteiger partial charge in [0.2, 0.25) is 0 Å². The van der Waals surface area contributed by atoms with Crippen LogP contribution in [0.5, 0.6) is 5.75 Å². The normalized spacial score (nSPS) is 12.6. The van der Waals surface area contributed by atoms with Gasteiger partial charge in [-0.1, -0.05) is 48.9 Å². The summed E-state index contributed by atoms with van der Waals surface area (Å²) >= 11 is 0. The first-order chi connectivity index (χ1) is 20.2. The van der Waals surface area contributed by atoms with Crippen molar-refractivity contribution >= 4 is 39.7 Å². The van der Waals surface area contributed by atoms with Gasteiger partial charge in [0.1, 0.15) is 18.8 Å². The summed E-state index contributed by atoms with van der Waals surface area (Å²) in [4.78, 5) is 25.5. The summed E-state index contributed by atoms with van der Waals surface area (Å²) in [6, 6.07) is 18.0. The molecule has 0 spiro atoms. The predicted octanol–water partition coefficient (Wildman–Crippen LogP) is 7.40. The maximum atomic E-state index is 12.9. The number of aryl methyl sites for hydroxylation is 1. The Hall–Kier alpha value is -4.22. The summed E-state index contributed by atoms with van der Waals surface area (Å²) in [7, 11) is -3.99. The van der Waals surface area contributed by atoms with E-state index in [0.29, 0.717) is 11.3 Å². The van der Waals surface area contributed by atoms with Crippen LogP contribution in [0.3, 0.4) is 0 Å². The standard InChI is InChI=1S/C32H38N2O8S/c1-7-24(3)33(31(35)42-32(4,5)6)27-15-12-25(13-16-27)10-11-26-14-19-29(34(36)37)30(22-26)40-20-21-41-43(38,39)28-17-8-23(2)9-18-28/h8-19,22,24H,7,20-21H2,1-6H3/b11-10+. The van der Waals surface area contributed by atoms with Crippen LogP contribution in [0.1, 0.15) is 57.7 Å². The Labute approximate surface area is 253 Å². The molecular weight excluding hydrogens is 572 g/mol. The van der Waals surface area contributed by atoms with E-state index in [2.05, 4.69) is 0 Å². The molecular formula is C32H38N2O8S. The number of hydrogen-bond acceptors (Lipinski definition) is 8. The number of anilines is 1. The van der Waals surface area contributed by atoms with E-state index < -0.39 is 26.7 Å². The lowest BCUT2D eigenvalue weighted by Gasteiger charge is -2.31. The van der Waals surface area contributed by atoms with E-state index in [4.69, 9.17) is 13.7 Å². The lowest BCUT2D eigenvalue weighted by Crippen LogP contribution is -2.42. The van der Waals surface area contributed by atoms with Crippen LogP contribution in [0.2, 0.25) is 0 Å². The molecule has 10 nitrogen and oxygen atoms in total. The van der Waals surface area contributed by atoms with Crippen molar-refractivity contribution < 1.29 is 31.8 Å². The Morgan fingerprint density at radius 2 is 1.58 bits per heavy atom. The Bertz CT molecular complexity index is 1540. The second-order valence-electron chi connectivity index (χ2n) is 11.0. The Morgan fingerprint density at radius 1 is 0.977 bits per heavy atom. The zero-order valence-electron chi connectivity index (χ0n) is 25.3. The average molecular weight is 611 g/mol. The molecule has 0 aliphatic carbocycles. The zero-order valence-corrected chi connectivity index (χ0v) is 26.1. The van der Waals surface area contributed by atoms with Crippen molar-refractivity contribution in [3.8, 4) is 5.75 Å². The molecule has 0 fully saturated rings. The monoisotopic (exact) mass is 610 g/mol. The SMILES string of the molecule is CCC(C)N(C(=O)OC(C)(C)C)c1ccc(/C=C/c2ccc([N+](=O)[O-])c(OCCOS(=O)(=O)c3ccc(C)cc3)c2)cc1. The molecule has 3 aromatic carbocycles. The topological polar surface area (TPSA) is 125 Å². The number of rotatable bonds is 12. The van der Waals surface area contributed by atoms with Crippen molar-refractivity contribution in [2.45, 2.75) is 64.5 Å². The molecule has 3 rings (SSSR count). The molecule has 0 saturated heterocycles. The molecule has 3 aromatic rings. The van der Waals surface area contributed by atoms with Crippen LogP contribution >= 0.6 is 0 Å². The summed E-state index contributed by atoms with van der Waals surface area (Å²) in [5.74, 6) is -0.0135. The first-order valence-electron chi connectivity index (χ1n) is 13.9. The number of amides is 1. The van der Waals surface area contributed by atoms with E-state index in [1.807, 2.05) is 71.9 Å². The van der Waals surface area contributed by atoms with Crippen LogP contribution < -0.4 is 9.64 Å². The Kier molecular flexibility index (Phi) is 11.1. The van der Waals surface area contributed by atoms with Crippen molar-refractivity contribution in [2.75, 3.05) is 18.1 Å². The molecule has 43 heavy (non-hydrogen) atoms. The van der Waals surface area contributed by atoms with Crippen LogP contribution in [0.25, 0.3) is 12.2 Å². The fourth-order valence-corrected chi connectivity index (χ4v) is 4.83. The van der Waals surface area contributed by atoms with Gasteiger partial charge in [0, 0.05) is 17.8 Å². The van der Waals surface area contributed by atoms with E-state index in [9.17, 15) is 23.3 Å². The predicted molar refractivity (Wildman–Crippen MR) is 167 cm³/mol. The third-order valence-corrected chi connectivity index (χ3v) is 7.66. The minimum Gasteiger partial charge on any atom is -0.484 e. The Balaban J connectivity index is 1.70. The summed E-state index contributed by atoms with van der Waals surface area (Å²) in [6.07, 6.45) is 3.93. The minimum atomic E-state index is -3.99. The highest BCUT2D eigenvalue weighted by atomic mass is 32.2. The highest BCUT2D eigenvalue weighted by molar-refractivity contribution is 7.86. The number of carbonyl (C=O) groups excluding carboxylic acids is 1. The van der Waals surface area contributed by atoms with Crippen molar-refractivity contribution in [1.29, 1.82) is 0 Å². The number of hydrogen-bond donors (Lipinski definition) is 0. The fraction of sp³-hybridized carbons (Fsp3) is 0.344. The van der Waals surface area contributed by atoms with E-state index in [-0.39, 0.29) is 35.6 Å². The molecule has 0 radical (unpaired) electrons. The van der Waals surface area contributed by atoms with Gasteiger partial charge in [0.15, 0.2) is 5.75 Å². The lowest BCUT2D eigenvalue weighted by molar-refractivity contribution is -0.385. The minimum absolute atomic E-state index is 0.0135. The van der Waals surface area contributed by atoms with E-state index in [1.165, 1.54) is 24.3 Å². The van der Waals surface area contributed by atoms with Gasteiger partial charge in [-0.05, 0) is 88.6 Å². The van der Waals surface area contributed by atoms with Gasteiger partial charge in [-0.25, -0.2) is 4.79 Å².